The minimum atomic E-state index is 0.588. The molecule has 1 aliphatic heterocycles. The smallest absolute Gasteiger partial charge is 0.127 e. The molecule has 1 heterocycles. The number of benzene rings is 2. The first-order valence-corrected chi connectivity index (χ1v) is 6.25. The van der Waals surface area contributed by atoms with E-state index < -0.39 is 0 Å². The van der Waals surface area contributed by atoms with Crippen molar-refractivity contribution in [1.82, 2.24) is 0 Å². The van der Waals surface area contributed by atoms with Crippen molar-refractivity contribution in [1.29, 1.82) is 0 Å². The van der Waals surface area contributed by atoms with E-state index in [2.05, 4.69) is 12.1 Å². The molecule has 3 heteroatoms. The van der Waals surface area contributed by atoms with Crippen LogP contribution >= 0.6 is 0 Å². The van der Waals surface area contributed by atoms with Crippen molar-refractivity contribution < 1.29 is 14.2 Å². The summed E-state index contributed by atoms with van der Waals surface area (Å²) < 4.78 is 16.8. The molecule has 98 valence electrons. The highest BCUT2D eigenvalue weighted by molar-refractivity contribution is 5.81. The molecule has 0 aliphatic carbocycles. The second-order valence-corrected chi connectivity index (χ2v) is 4.48. The Labute approximate surface area is 112 Å². The van der Waals surface area contributed by atoms with E-state index in [0.29, 0.717) is 13.2 Å². The zero-order valence-electron chi connectivity index (χ0n) is 11.1. The second-order valence-electron chi connectivity index (χ2n) is 4.48. The first kappa shape index (κ1) is 12.1. The minimum Gasteiger partial charge on any atom is -0.496 e. The van der Waals surface area contributed by atoms with Gasteiger partial charge in [-0.1, -0.05) is 24.3 Å². The molecule has 0 saturated carbocycles. The van der Waals surface area contributed by atoms with Crippen LogP contribution in [-0.4, -0.2) is 14.2 Å². The van der Waals surface area contributed by atoms with E-state index in [4.69, 9.17) is 14.2 Å². The molecule has 0 N–H and O–H groups in total. The molecule has 0 atom stereocenters. The summed E-state index contributed by atoms with van der Waals surface area (Å²) in [7, 11) is 3.38. The largest absolute Gasteiger partial charge is 0.496 e. The van der Waals surface area contributed by atoms with Crippen LogP contribution < -0.4 is 9.47 Å². The molecule has 2 aromatic carbocycles. The predicted octanol–water partition coefficient (Wildman–Crippen LogP) is 3.40. The Bertz CT molecular complexity index is 551. The highest BCUT2D eigenvalue weighted by Crippen LogP contribution is 2.43. The number of ether oxygens (including phenoxy) is 3. The van der Waals surface area contributed by atoms with Crippen LogP contribution in [0.5, 0.6) is 11.5 Å². The fourth-order valence-corrected chi connectivity index (χ4v) is 2.57. The van der Waals surface area contributed by atoms with E-state index >= 15 is 0 Å². The van der Waals surface area contributed by atoms with Crippen LogP contribution in [-0.2, 0) is 18.0 Å². The number of methoxy groups -OCH3 is 2. The van der Waals surface area contributed by atoms with Gasteiger partial charge in [-0.15, -0.1) is 0 Å². The van der Waals surface area contributed by atoms with Crippen molar-refractivity contribution in [2.45, 2.75) is 13.2 Å². The third-order valence-electron chi connectivity index (χ3n) is 3.43. The van der Waals surface area contributed by atoms with Gasteiger partial charge in [-0.3, -0.25) is 0 Å². The third-order valence-corrected chi connectivity index (χ3v) is 3.43. The average molecular weight is 256 g/mol. The molecule has 0 amide bonds. The number of hydrogen-bond acceptors (Lipinski definition) is 3. The summed E-state index contributed by atoms with van der Waals surface area (Å²) in [6.07, 6.45) is 0. The molecule has 1 aliphatic rings. The van der Waals surface area contributed by atoms with Crippen molar-refractivity contribution in [2.75, 3.05) is 14.2 Å². The van der Waals surface area contributed by atoms with Gasteiger partial charge in [0, 0.05) is 11.1 Å². The first-order chi connectivity index (χ1) is 9.35. The molecule has 0 radical (unpaired) electrons. The summed E-state index contributed by atoms with van der Waals surface area (Å²) in [5.74, 6) is 1.71. The maximum atomic E-state index is 5.74. The van der Waals surface area contributed by atoms with Gasteiger partial charge in [0.25, 0.3) is 0 Å². The standard InChI is InChI=1S/C16H16O3/c1-17-13-7-3-5-11-9-19-10-12-6-4-8-14(18-2)16(12)15(11)13/h3-8H,9-10H2,1-2H3. The SMILES string of the molecule is COc1cccc2c1-c1c(cccc1OC)COC2. The Morgan fingerprint density at radius 3 is 1.68 bits per heavy atom. The molecule has 0 unspecified atom stereocenters. The predicted molar refractivity (Wildman–Crippen MR) is 73.5 cm³/mol. The Kier molecular flexibility index (Phi) is 3.13. The van der Waals surface area contributed by atoms with Gasteiger partial charge >= 0.3 is 0 Å². The summed E-state index contributed by atoms with van der Waals surface area (Å²) >= 11 is 0. The highest BCUT2D eigenvalue weighted by atomic mass is 16.5. The van der Waals surface area contributed by atoms with Crippen molar-refractivity contribution in [2.24, 2.45) is 0 Å². The molecule has 19 heavy (non-hydrogen) atoms. The molecule has 0 fully saturated rings. The minimum absolute atomic E-state index is 0.588. The summed E-state index contributed by atoms with van der Waals surface area (Å²) in [5.41, 5.74) is 4.41. The fourth-order valence-electron chi connectivity index (χ4n) is 2.57. The summed E-state index contributed by atoms with van der Waals surface area (Å²) in [6.45, 7) is 1.18. The lowest BCUT2D eigenvalue weighted by atomic mass is 9.95. The number of rotatable bonds is 2. The lowest BCUT2D eigenvalue weighted by molar-refractivity contribution is 0.109. The van der Waals surface area contributed by atoms with Crippen molar-refractivity contribution in [3.8, 4) is 22.6 Å². The molecule has 3 nitrogen and oxygen atoms in total. The summed E-state index contributed by atoms with van der Waals surface area (Å²) in [6, 6.07) is 12.1. The fraction of sp³-hybridized carbons (Fsp3) is 0.250. The van der Waals surface area contributed by atoms with Crippen LogP contribution in [0.4, 0.5) is 0 Å². The van der Waals surface area contributed by atoms with Crippen LogP contribution in [0, 0.1) is 0 Å². The van der Waals surface area contributed by atoms with E-state index in [1.165, 1.54) is 0 Å². The van der Waals surface area contributed by atoms with Crippen LogP contribution in [0.1, 0.15) is 11.1 Å². The van der Waals surface area contributed by atoms with Crippen molar-refractivity contribution in [3.63, 3.8) is 0 Å². The molecule has 0 bridgehead atoms. The molecule has 2 aromatic rings. The Balaban J connectivity index is 2.34. The third kappa shape index (κ3) is 1.96. The lowest BCUT2D eigenvalue weighted by Gasteiger charge is -2.16. The van der Waals surface area contributed by atoms with Crippen LogP contribution in [0.3, 0.4) is 0 Å². The van der Waals surface area contributed by atoms with Gasteiger partial charge in [0.15, 0.2) is 0 Å². The highest BCUT2D eigenvalue weighted by Gasteiger charge is 2.21. The Morgan fingerprint density at radius 2 is 1.26 bits per heavy atom. The van der Waals surface area contributed by atoms with Gasteiger partial charge in [0.05, 0.1) is 27.4 Å². The second kappa shape index (κ2) is 4.94. The van der Waals surface area contributed by atoms with E-state index in [9.17, 15) is 0 Å². The van der Waals surface area contributed by atoms with Crippen molar-refractivity contribution >= 4 is 0 Å². The molecular weight excluding hydrogens is 240 g/mol. The Hall–Kier alpha value is -2.00. The molecule has 3 rings (SSSR count). The van der Waals surface area contributed by atoms with Crippen molar-refractivity contribution in [3.05, 3.63) is 47.5 Å². The van der Waals surface area contributed by atoms with Gasteiger partial charge in [-0.05, 0) is 23.3 Å². The quantitative estimate of drug-likeness (QED) is 0.824. The molecule has 0 saturated heterocycles. The van der Waals surface area contributed by atoms with E-state index in [0.717, 1.165) is 33.8 Å². The lowest BCUT2D eigenvalue weighted by Crippen LogP contribution is -1.96. The van der Waals surface area contributed by atoms with E-state index in [-0.39, 0.29) is 0 Å². The van der Waals surface area contributed by atoms with Crippen LogP contribution in [0.2, 0.25) is 0 Å². The number of hydrogen-bond donors (Lipinski definition) is 0. The monoisotopic (exact) mass is 256 g/mol. The van der Waals surface area contributed by atoms with E-state index in [1.807, 2.05) is 24.3 Å². The molecule has 0 spiro atoms. The average Bonchev–Trinajstić information content (AvgIpc) is 2.65. The summed E-state index contributed by atoms with van der Waals surface area (Å²) in [4.78, 5) is 0. The normalized spacial score (nSPS) is 13.2. The number of fused-ring (bicyclic) bond motifs is 3. The van der Waals surface area contributed by atoms with E-state index in [1.54, 1.807) is 14.2 Å². The summed E-state index contributed by atoms with van der Waals surface area (Å²) in [5, 5.41) is 0. The first-order valence-electron chi connectivity index (χ1n) is 6.25. The maximum Gasteiger partial charge on any atom is 0.127 e. The van der Waals surface area contributed by atoms with Gasteiger partial charge in [-0.25, -0.2) is 0 Å². The van der Waals surface area contributed by atoms with Gasteiger partial charge in [0.2, 0.25) is 0 Å². The van der Waals surface area contributed by atoms with Gasteiger partial charge in [-0.2, -0.15) is 0 Å². The van der Waals surface area contributed by atoms with Crippen LogP contribution in [0.15, 0.2) is 36.4 Å². The molecule has 0 aromatic heterocycles. The van der Waals surface area contributed by atoms with Crippen LogP contribution in [0.25, 0.3) is 11.1 Å². The molecular formula is C16H16O3. The zero-order valence-corrected chi connectivity index (χ0v) is 11.1. The van der Waals surface area contributed by atoms with Gasteiger partial charge < -0.3 is 14.2 Å². The van der Waals surface area contributed by atoms with Gasteiger partial charge in [0.1, 0.15) is 11.5 Å². The zero-order chi connectivity index (χ0) is 13.2. The maximum absolute atomic E-state index is 5.74. The topological polar surface area (TPSA) is 27.7 Å². The Morgan fingerprint density at radius 1 is 0.789 bits per heavy atom.